The molecule has 1 saturated carbocycles. The zero-order valence-electron chi connectivity index (χ0n) is 16.2. The maximum atomic E-state index is 13.6. The summed E-state index contributed by atoms with van der Waals surface area (Å²) in [5.74, 6) is -3.01. The minimum Gasteiger partial charge on any atom is -0.481 e. The van der Waals surface area contributed by atoms with Crippen LogP contribution in [-0.4, -0.2) is 32.2 Å². The number of amides is 1. The number of thiocarbonyl (C=S) groups is 1. The molecule has 4 nitrogen and oxygen atoms in total. The third-order valence-corrected chi connectivity index (χ3v) is 7.65. The van der Waals surface area contributed by atoms with Crippen LogP contribution in [-0.2, 0) is 15.8 Å². The van der Waals surface area contributed by atoms with Gasteiger partial charge in [0.25, 0.3) is 5.91 Å². The van der Waals surface area contributed by atoms with E-state index < -0.39 is 29.4 Å². The number of rotatable bonds is 4. The molecule has 2 atom stereocenters. The van der Waals surface area contributed by atoms with Crippen molar-refractivity contribution in [1.82, 2.24) is 4.90 Å². The minimum absolute atomic E-state index is 0.216. The van der Waals surface area contributed by atoms with Gasteiger partial charge in [0.15, 0.2) is 0 Å². The molecule has 0 unspecified atom stereocenters. The normalized spacial score (nSPS) is 22.9. The van der Waals surface area contributed by atoms with Crippen LogP contribution >= 0.6 is 35.3 Å². The van der Waals surface area contributed by atoms with Gasteiger partial charge in [-0.1, -0.05) is 30.0 Å². The minimum atomic E-state index is -4.80. The molecule has 1 aromatic carbocycles. The van der Waals surface area contributed by atoms with E-state index in [0.29, 0.717) is 38.9 Å². The van der Waals surface area contributed by atoms with Gasteiger partial charge in [-0.3, -0.25) is 14.5 Å². The van der Waals surface area contributed by atoms with Crippen LogP contribution in [0.5, 0.6) is 0 Å². The second-order valence-corrected chi connectivity index (χ2v) is 10.1. The van der Waals surface area contributed by atoms with Crippen LogP contribution in [0.2, 0.25) is 0 Å². The van der Waals surface area contributed by atoms with E-state index in [9.17, 15) is 32.3 Å². The molecule has 11 heteroatoms. The fraction of sp³-hybridized carbons (Fsp3) is 0.286. The molecular formula is C21H15F4NO3S3. The van der Waals surface area contributed by atoms with Crippen molar-refractivity contribution in [3.8, 4) is 11.1 Å². The van der Waals surface area contributed by atoms with E-state index in [1.54, 1.807) is 17.5 Å². The molecule has 2 heterocycles. The van der Waals surface area contributed by atoms with Gasteiger partial charge in [-0.05, 0) is 60.0 Å². The lowest BCUT2D eigenvalue weighted by Crippen LogP contribution is -2.37. The number of alkyl halides is 3. The van der Waals surface area contributed by atoms with Crippen LogP contribution in [0.4, 0.5) is 17.6 Å². The van der Waals surface area contributed by atoms with E-state index >= 15 is 0 Å². The highest BCUT2D eigenvalue weighted by atomic mass is 32.2. The summed E-state index contributed by atoms with van der Waals surface area (Å²) >= 11 is 7.69. The molecule has 0 radical (unpaired) electrons. The van der Waals surface area contributed by atoms with Gasteiger partial charge in [-0.15, -0.1) is 11.3 Å². The summed E-state index contributed by atoms with van der Waals surface area (Å²) in [5, 5.41) is 10.8. The highest BCUT2D eigenvalue weighted by Crippen LogP contribution is 2.41. The first-order chi connectivity index (χ1) is 15.0. The lowest BCUT2D eigenvalue weighted by atomic mass is 10.0. The Balaban J connectivity index is 1.55. The standard InChI is InChI=1S/C21H15F4NO3S3/c22-16-4-2-10(7-15(16)21(23,24)25)12-6-14(31-9-12)8-17-18(27)26(20(30)32-17)13-3-1-11(5-13)19(28)29/h2,4,6-9,11,13H,1,3,5H2,(H,28,29)/t11-,13+/m0/s1. The molecule has 4 rings (SSSR count). The highest BCUT2D eigenvalue weighted by molar-refractivity contribution is 8.26. The molecule has 1 amide bonds. The van der Waals surface area contributed by atoms with Crippen molar-refractivity contribution in [3.63, 3.8) is 0 Å². The molecular weight excluding hydrogens is 486 g/mol. The van der Waals surface area contributed by atoms with Crippen molar-refractivity contribution in [2.45, 2.75) is 31.5 Å². The first-order valence-electron chi connectivity index (χ1n) is 9.50. The summed E-state index contributed by atoms with van der Waals surface area (Å²) in [6, 6.07) is 4.19. The average molecular weight is 502 g/mol. The van der Waals surface area contributed by atoms with Crippen LogP contribution in [0.25, 0.3) is 17.2 Å². The number of carbonyl (C=O) groups excluding carboxylic acids is 1. The molecule has 168 valence electrons. The second kappa shape index (κ2) is 8.60. The first-order valence-corrected chi connectivity index (χ1v) is 11.6. The molecule has 1 aromatic heterocycles. The Labute approximate surface area is 193 Å². The number of hydrogen-bond acceptors (Lipinski definition) is 5. The van der Waals surface area contributed by atoms with Crippen LogP contribution in [0.15, 0.2) is 34.6 Å². The van der Waals surface area contributed by atoms with Crippen molar-refractivity contribution >= 4 is 57.6 Å². The molecule has 1 N–H and O–H groups in total. The molecule has 1 aliphatic heterocycles. The van der Waals surface area contributed by atoms with Crippen molar-refractivity contribution in [2.24, 2.45) is 5.92 Å². The van der Waals surface area contributed by atoms with E-state index in [1.165, 1.54) is 22.3 Å². The summed E-state index contributed by atoms with van der Waals surface area (Å²) in [6.45, 7) is 0. The van der Waals surface area contributed by atoms with Gasteiger partial charge in [0.1, 0.15) is 10.1 Å². The van der Waals surface area contributed by atoms with Gasteiger partial charge >= 0.3 is 12.1 Å². The fourth-order valence-electron chi connectivity index (χ4n) is 3.84. The molecule has 2 aliphatic rings. The number of halogens is 4. The van der Waals surface area contributed by atoms with Gasteiger partial charge in [0.2, 0.25) is 0 Å². The number of nitrogens with zero attached hydrogens (tertiary/aromatic N) is 1. The second-order valence-electron chi connectivity index (χ2n) is 7.48. The van der Waals surface area contributed by atoms with E-state index in [0.717, 1.165) is 23.9 Å². The Hall–Kier alpha value is -2.24. The molecule has 2 fully saturated rings. The molecule has 0 spiro atoms. The number of aliphatic carboxylic acids is 1. The Kier molecular flexibility index (Phi) is 6.17. The lowest BCUT2D eigenvalue weighted by Gasteiger charge is -2.22. The fourth-order valence-corrected chi connectivity index (χ4v) is 6.16. The van der Waals surface area contributed by atoms with E-state index in [2.05, 4.69) is 0 Å². The van der Waals surface area contributed by atoms with Crippen molar-refractivity contribution in [2.75, 3.05) is 0 Å². The summed E-state index contributed by atoms with van der Waals surface area (Å²) in [5.41, 5.74) is -0.644. The van der Waals surface area contributed by atoms with Crippen molar-refractivity contribution in [1.29, 1.82) is 0 Å². The monoisotopic (exact) mass is 501 g/mol. The van der Waals surface area contributed by atoms with Crippen molar-refractivity contribution in [3.05, 3.63) is 50.8 Å². The van der Waals surface area contributed by atoms with E-state index in [1.807, 2.05) is 0 Å². The summed E-state index contributed by atoms with van der Waals surface area (Å²) < 4.78 is 52.9. The molecule has 1 aliphatic carbocycles. The van der Waals surface area contributed by atoms with Crippen LogP contribution in [0, 0.1) is 11.7 Å². The maximum absolute atomic E-state index is 13.6. The Morgan fingerprint density at radius 1 is 1.22 bits per heavy atom. The first kappa shape index (κ1) is 22.9. The molecule has 2 aromatic rings. The number of carbonyl (C=O) groups is 2. The Bertz CT molecular complexity index is 1140. The van der Waals surface area contributed by atoms with E-state index in [-0.39, 0.29) is 17.5 Å². The Morgan fingerprint density at radius 2 is 1.97 bits per heavy atom. The van der Waals surface area contributed by atoms with Gasteiger partial charge in [0, 0.05) is 10.9 Å². The van der Waals surface area contributed by atoms with Gasteiger partial charge in [0.05, 0.1) is 16.4 Å². The van der Waals surface area contributed by atoms with Crippen LogP contribution < -0.4 is 0 Å². The molecule has 0 bridgehead atoms. The zero-order valence-corrected chi connectivity index (χ0v) is 18.6. The molecule has 32 heavy (non-hydrogen) atoms. The largest absolute Gasteiger partial charge is 0.481 e. The lowest BCUT2D eigenvalue weighted by molar-refractivity contribution is -0.142. The average Bonchev–Trinajstić information content (AvgIpc) is 3.42. The smallest absolute Gasteiger partial charge is 0.419 e. The SMILES string of the molecule is O=C(O)[C@H]1CC[C@@H](N2C(=O)C(=Cc3cc(-c4ccc(F)c(C(F)(F)F)c4)cs3)SC2=S)C1. The van der Waals surface area contributed by atoms with Gasteiger partial charge < -0.3 is 5.11 Å². The summed E-state index contributed by atoms with van der Waals surface area (Å²) in [7, 11) is 0. The number of thioether (sulfide) groups is 1. The van der Waals surface area contributed by atoms with Crippen molar-refractivity contribution < 1.29 is 32.3 Å². The van der Waals surface area contributed by atoms with Crippen LogP contribution in [0.3, 0.4) is 0 Å². The van der Waals surface area contributed by atoms with Crippen LogP contribution in [0.1, 0.15) is 29.7 Å². The summed E-state index contributed by atoms with van der Waals surface area (Å²) in [4.78, 5) is 26.6. The van der Waals surface area contributed by atoms with Gasteiger partial charge in [-0.25, -0.2) is 4.39 Å². The maximum Gasteiger partial charge on any atom is 0.419 e. The number of hydrogen-bond donors (Lipinski definition) is 1. The predicted molar refractivity (Wildman–Crippen MR) is 118 cm³/mol. The highest BCUT2D eigenvalue weighted by Gasteiger charge is 2.42. The third kappa shape index (κ3) is 4.46. The summed E-state index contributed by atoms with van der Waals surface area (Å²) in [6.07, 6.45) is -1.78. The molecule has 1 saturated heterocycles. The quantitative estimate of drug-likeness (QED) is 0.315. The predicted octanol–water partition coefficient (Wildman–Crippen LogP) is 6.03. The van der Waals surface area contributed by atoms with E-state index in [4.69, 9.17) is 12.2 Å². The van der Waals surface area contributed by atoms with Gasteiger partial charge in [-0.2, -0.15) is 13.2 Å². The third-order valence-electron chi connectivity index (χ3n) is 5.44. The topological polar surface area (TPSA) is 57.6 Å². The number of benzene rings is 1. The number of thiophene rings is 1. The zero-order chi connectivity index (χ0) is 23.2. The number of carboxylic acid groups (broad SMARTS) is 1. The number of carboxylic acids is 1. The Morgan fingerprint density at radius 3 is 2.62 bits per heavy atom.